The second-order valence-electron chi connectivity index (χ2n) is 3.02. The Morgan fingerprint density at radius 2 is 2.00 bits per heavy atom. The fourth-order valence-corrected chi connectivity index (χ4v) is 0.934. The molecule has 13 heavy (non-hydrogen) atoms. The molecule has 0 aromatic rings. The second-order valence-corrected chi connectivity index (χ2v) is 3.02. The van der Waals surface area contributed by atoms with E-state index in [0.29, 0.717) is 0 Å². The van der Waals surface area contributed by atoms with E-state index in [1.54, 1.807) is 4.90 Å². The number of guanidine groups is 2. The van der Waals surface area contributed by atoms with Crippen LogP contribution < -0.4 is 11.1 Å². The van der Waals surface area contributed by atoms with Gasteiger partial charge in [-0.15, -0.1) is 0 Å². The van der Waals surface area contributed by atoms with Crippen molar-refractivity contribution in [1.29, 1.82) is 10.8 Å². The number of rotatable bonds is 4. The molecule has 76 valence electrons. The lowest BCUT2D eigenvalue weighted by Crippen LogP contribution is -2.44. The monoisotopic (exact) mass is 185 g/mol. The van der Waals surface area contributed by atoms with E-state index in [1.165, 1.54) is 6.42 Å². The van der Waals surface area contributed by atoms with Gasteiger partial charge in [0.2, 0.25) is 0 Å². The van der Waals surface area contributed by atoms with E-state index in [9.17, 15) is 0 Å². The van der Waals surface area contributed by atoms with Gasteiger partial charge in [-0.05, 0) is 6.42 Å². The van der Waals surface area contributed by atoms with Gasteiger partial charge in [0, 0.05) is 13.6 Å². The molecule has 0 amide bonds. The van der Waals surface area contributed by atoms with Crippen LogP contribution in [0.4, 0.5) is 0 Å². The molecule has 0 aliphatic rings. The van der Waals surface area contributed by atoms with E-state index < -0.39 is 0 Å². The fraction of sp³-hybridized carbons (Fsp3) is 0.750. The van der Waals surface area contributed by atoms with Crippen LogP contribution >= 0.6 is 0 Å². The molecule has 0 heterocycles. The summed E-state index contributed by atoms with van der Waals surface area (Å²) in [7, 11) is 1.81. The van der Waals surface area contributed by atoms with Crippen LogP contribution in [0.1, 0.15) is 26.2 Å². The standard InChI is InChI=1S/C8H19N5/c1-3-4-5-6-13(2)8(11)12-7(9)10/h3-6H2,1-2H3,(H5,9,10,11,12). The summed E-state index contributed by atoms with van der Waals surface area (Å²) in [6, 6.07) is 0. The molecule has 0 rings (SSSR count). The molecular weight excluding hydrogens is 166 g/mol. The van der Waals surface area contributed by atoms with Crippen molar-refractivity contribution in [2.45, 2.75) is 26.2 Å². The number of unbranched alkanes of at least 4 members (excludes halogenated alkanes) is 2. The second kappa shape index (κ2) is 6.28. The molecule has 0 saturated heterocycles. The van der Waals surface area contributed by atoms with Gasteiger partial charge < -0.3 is 10.6 Å². The molecule has 0 unspecified atom stereocenters. The summed E-state index contributed by atoms with van der Waals surface area (Å²) in [5.41, 5.74) is 5.09. The zero-order valence-electron chi connectivity index (χ0n) is 8.35. The van der Waals surface area contributed by atoms with E-state index in [2.05, 4.69) is 12.2 Å². The number of nitrogens with one attached hydrogen (secondary N) is 3. The Hall–Kier alpha value is -1.26. The third-order valence-electron chi connectivity index (χ3n) is 1.73. The smallest absolute Gasteiger partial charge is 0.197 e. The first kappa shape index (κ1) is 11.7. The van der Waals surface area contributed by atoms with E-state index >= 15 is 0 Å². The summed E-state index contributed by atoms with van der Waals surface area (Å²) < 4.78 is 0. The Bertz CT molecular complexity index is 177. The maximum Gasteiger partial charge on any atom is 0.197 e. The van der Waals surface area contributed by atoms with E-state index in [1.807, 2.05) is 7.05 Å². The molecule has 5 nitrogen and oxygen atoms in total. The highest BCUT2D eigenvalue weighted by Gasteiger charge is 2.03. The van der Waals surface area contributed by atoms with Gasteiger partial charge in [0.15, 0.2) is 11.9 Å². The molecule has 0 bridgehead atoms. The van der Waals surface area contributed by atoms with Crippen LogP contribution in [-0.2, 0) is 0 Å². The lowest BCUT2D eigenvalue weighted by molar-refractivity contribution is 0.463. The van der Waals surface area contributed by atoms with Crippen LogP contribution in [0.25, 0.3) is 0 Å². The van der Waals surface area contributed by atoms with Gasteiger partial charge in [-0.1, -0.05) is 19.8 Å². The zero-order valence-corrected chi connectivity index (χ0v) is 8.35. The molecule has 0 aromatic heterocycles. The predicted molar refractivity (Wildman–Crippen MR) is 54.9 cm³/mol. The molecular formula is C8H19N5. The third-order valence-corrected chi connectivity index (χ3v) is 1.73. The van der Waals surface area contributed by atoms with Crippen molar-refractivity contribution in [2.24, 2.45) is 5.73 Å². The predicted octanol–water partition coefficient (Wildman–Crippen LogP) is 0.526. The molecule has 5 N–H and O–H groups in total. The summed E-state index contributed by atoms with van der Waals surface area (Å²) in [5.74, 6) is -0.00376. The molecule has 0 fully saturated rings. The van der Waals surface area contributed by atoms with Crippen LogP contribution in [-0.4, -0.2) is 30.4 Å². The van der Waals surface area contributed by atoms with Gasteiger partial charge in [-0.3, -0.25) is 16.1 Å². The van der Waals surface area contributed by atoms with Crippen molar-refractivity contribution in [3.63, 3.8) is 0 Å². The number of hydrogen-bond acceptors (Lipinski definition) is 2. The van der Waals surface area contributed by atoms with E-state index in [0.717, 1.165) is 19.4 Å². The minimum Gasteiger partial charge on any atom is -0.370 e. The van der Waals surface area contributed by atoms with Gasteiger partial charge in [-0.25, -0.2) is 0 Å². The maximum absolute atomic E-state index is 7.45. The van der Waals surface area contributed by atoms with Gasteiger partial charge >= 0.3 is 0 Å². The SMILES string of the molecule is CCCCCN(C)C(=N)NC(=N)N. The van der Waals surface area contributed by atoms with Crippen LogP contribution in [0.5, 0.6) is 0 Å². The average Bonchev–Trinajstić information content (AvgIpc) is 2.03. The maximum atomic E-state index is 7.45. The van der Waals surface area contributed by atoms with Gasteiger partial charge in [0.05, 0.1) is 0 Å². The lowest BCUT2D eigenvalue weighted by Gasteiger charge is -2.19. The highest BCUT2D eigenvalue weighted by atomic mass is 15.3. The quantitative estimate of drug-likeness (QED) is 0.292. The van der Waals surface area contributed by atoms with E-state index in [-0.39, 0.29) is 11.9 Å². The minimum absolute atomic E-state index is 0.184. The van der Waals surface area contributed by atoms with Gasteiger partial charge in [0.1, 0.15) is 0 Å². The zero-order chi connectivity index (χ0) is 10.3. The Kier molecular flexibility index (Phi) is 5.67. The van der Waals surface area contributed by atoms with Crippen molar-refractivity contribution in [3.05, 3.63) is 0 Å². The summed E-state index contributed by atoms with van der Waals surface area (Å²) in [5, 5.41) is 16.8. The topological polar surface area (TPSA) is 89.0 Å². The number of nitrogens with two attached hydrogens (primary N) is 1. The van der Waals surface area contributed by atoms with Crippen molar-refractivity contribution >= 4 is 11.9 Å². The van der Waals surface area contributed by atoms with E-state index in [4.69, 9.17) is 16.6 Å². The molecule has 0 aromatic carbocycles. The summed E-state index contributed by atoms with van der Waals surface area (Å²) >= 11 is 0. The fourth-order valence-electron chi connectivity index (χ4n) is 0.934. The van der Waals surface area contributed by atoms with Crippen molar-refractivity contribution < 1.29 is 0 Å². The molecule has 0 radical (unpaired) electrons. The molecule has 0 aliphatic heterocycles. The largest absolute Gasteiger partial charge is 0.370 e. The van der Waals surface area contributed by atoms with Gasteiger partial charge in [-0.2, -0.15) is 0 Å². The third kappa shape index (κ3) is 5.95. The Balaban J connectivity index is 3.63. The molecule has 0 atom stereocenters. The summed E-state index contributed by atoms with van der Waals surface area (Å²) in [6.45, 7) is 2.96. The number of nitrogens with zero attached hydrogens (tertiary/aromatic N) is 1. The van der Waals surface area contributed by atoms with Crippen LogP contribution in [0.2, 0.25) is 0 Å². The first-order valence-electron chi connectivity index (χ1n) is 4.48. The summed E-state index contributed by atoms with van der Waals surface area (Å²) in [4.78, 5) is 1.75. The van der Waals surface area contributed by atoms with Gasteiger partial charge in [0.25, 0.3) is 0 Å². The first-order chi connectivity index (χ1) is 6.07. The van der Waals surface area contributed by atoms with Crippen molar-refractivity contribution in [3.8, 4) is 0 Å². The van der Waals surface area contributed by atoms with Crippen LogP contribution in [0, 0.1) is 10.8 Å². The number of hydrogen-bond donors (Lipinski definition) is 4. The first-order valence-corrected chi connectivity index (χ1v) is 4.48. The highest BCUT2D eigenvalue weighted by Crippen LogP contribution is 1.95. The average molecular weight is 185 g/mol. The van der Waals surface area contributed by atoms with Crippen molar-refractivity contribution in [1.82, 2.24) is 10.2 Å². The Morgan fingerprint density at radius 3 is 2.46 bits per heavy atom. The van der Waals surface area contributed by atoms with Crippen molar-refractivity contribution in [2.75, 3.05) is 13.6 Å². The summed E-state index contributed by atoms with van der Waals surface area (Å²) in [6.07, 6.45) is 3.40. The minimum atomic E-state index is -0.188. The molecule has 5 heteroatoms. The van der Waals surface area contributed by atoms with Crippen LogP contribution in [0.3, 0.4) is 0 Å². The highest BCUT2D eigenvalue weighted by molar-refractivity contribution is 5.94. The Morgan fingerprint density at radius 1 is 1.38 bits per heavy atom. The molecule has 0 saturated carbocycles. The Labute approximate surface area is 79.3 Å². The molecule has 0 spiro atoms. The lowest BCUT2D eigenvalue weighted by atomic mass is 10.2. The normalized spacial score (nSPS) is 9.38. The molecule has 0 aliphatic carbocycles. The van der Waals surface area contributed by atoms with Crippen LogP contribution in [0.15, 0.2) is 0 Å².